The van der Waals surface area contributed by atoms with E-state index < -0.39 is 0 Å². The van der Waals surface area contributed by atoms with Gasteiger partial charge in [-0.2, -0.15) is 0 Å². The molecule has 0 amide bonds. The third-order valence-corrected chi connectivity index (χ3v) is 5.47. The van der Waals surface area contributed by atoms with E-state index in [0.717, 1.165) is 19.5 Å². The first-order chi connectivity index (χ1) is 8.72. The molecule has 2 nitrogen and oxygen atoms in total. The molecule has 3 heteroatoms. The lowest BCUT2D eigenvalue weighted by molar-refractivity contribution is 0.128. The molecule has 2 aliphatic rings. The highest BCUT2D eigenvalue weighted by atomic mass is 32.2. The number of benzene rings is 1. The minimum atomic E-state index is -0.150. The fraction of sp³-hybridized carbons (Fsp3) is 0.600. The molecule has 2 heterocycles. The van der Waals surface area contributed by atoms with Crippen LogP contribution in [0.15, 0.2) is 29.2 Å². The van der Waals surface area contributed by atoms with Gasteiger partial charge in [0, 0.05) is 23.2 Å². The van der Waals surface area contributed by atoms with Gasteiger partial charge in [0.15, 0.2) is 0 Å². The van der Waals surface area contributed by atoms with Crippen LogP contribution in [0.5, 0.6) is 0 Å². The molecule has 0 saturated carbocycles. The van der Waals surface area contributed by atoms with E-state index in [0.29, 0.717) is 11.2 Å². The second-order valence-electron chi connectivity index (χ2n) is 5.60. The average Bonchev–Trinajstić information content (AvgIpc) is 2.94. The zero-order chi connectivity index (χ0) is 12.5. The molecule has 98 valence electrons. The van der Waals surface area contributed by atoms with E-state index in [1.54, 1.807) is 0 Å². The Labute approximate surface area is 113 Å². The van der Waals surface area contributed by atoms with Crippen molar-refractivity contribution in [1.29, 1.82) is 0 Å². The summed E-state index contributed by atoms with van der Waals surface area (Å²) < 4.78 is 0. The van der Waals surface area contributed by atoms with Crippen molar-refractivity contribution in [2.24, 2.45) is 5.92 Å². The average molecular weight is 263 g/mol. The molecule has 2 aliphatic heterocycles. The zero-order valence-corrected chi connectivity index (χ0v) is 11.7. The third kappa shape index (κ3) is 2.58. The molecule has 3 atom stereocenters. The zero-order valence-electron chi connectivity index (χ0n) is 10.9. The van der Waals surface area contributed by atoms with E-state index in [9.17, 15) is 5.11 Å². The van der Waals surface area contributed by atoms with Crippen LogP contribution in [-0.4, -0.2) is 41.0 Å². The second-order valence-corrected chi connectivity index (χ2v) is 6.94. The highest BCUT2D eigenvalue weighted by Gasteiger charge is 2.29. The first-order valence-electron chi connectivity index (χ1n) is 6.87. The molecule has 0 aromatic heterocycles. The lowest BCUT2D eigenvalue weighted by atomic mass is 10.0. The molecule has 0 spiro atoms. The van der Waals surface area contributed by atoms with E-state index in [2.05, 4.69) is 29.2 Å². The van der Waals surface area contributed by atoms with Crippen molar-refractivity contribution >= 4 is 11.8 Å². The molecule has 1 fully saturated rings. The van der Waals surface area contributed by atoms with Crippen molar-refractivity contribution in [1.82, 2.24) is 4.90 Å². The highest BCUT2D eigenvalue weighted by molar-refractivity contribution is 8.00. The summed E-state index contributed by atoms with van der Waals surface area (Å²) in [5, 5.41) is 10.3. The van der Waals surface area contributed by atoms with Crippen LogP contribution in [0.4, 0.5) is 0 Å². The van der Waals surface area contributed by atoms with E-state index in [-0.39, 0.29) is 6.10 Å². The van der Waals surface area contributed by atoms with Crippen molar-refractivity contribution in [3.8, 4) is 0 Å². The molecule has 18 heavy (non-hydrogen) atoms. The molecule has 1 saturated heterocycles. The van der Waals surface area contributed by atoms with Gasteiger partial charge in [0.1, 0.15) is 0 Å². The number of hydrogen-bond donors (Lipinski definition) is 1. The molecule has 3 rings (SSSR count). The smallest absolute Gasteiger partial charge is 0.0552 e. The van der Waals surface area contributed by atoms with Crippen LogP contribution in [0.2, 0.25) is 0 Å². The number of aliphatic hydroxyl groups is 1. The van der Waals surface area contributed by atoms with Crippen LogP contribution in [0.1, 0.15) is 18.9 Å². The van der Waals surface area contributed by atoms with Gasteiger partial charge in [-0.3, -0.25) is 0 Å². The van der Waals surface area contributed by atoms with Crippen LogP contribution >= 0.6 is 11.8 Å². The fourth-order valence-electron chi connectivity index (χ4n) is 3.07. The Bertz CT molecular complexity index is 396. The van der Waals surface area contributed by atoms with Gasteiger partial charge in [-0.05, 0) is 43.9 Å². The Hall–Kier alpha value is -0.510. The van der Waals surface area contributed by atoms with Crippen molar-refractivity contribution in [2.45, 2.75) is 36.0 Å². The fourth-order valence-corrected chi connectivity index (χ4v) is 4.43. The molecule has 0 aliphatic carbocycles. The number of hydrogen-bond acceptors (Lipinski definition) is 3. The standard InChI is InChI=1S/C15H21NOS/c1-11(17)13-6-7-16(9-13)10-14-8-12-4-2-3-5-15(12)18-14/h2-5,11,13-14,17H,6-10H2,1H3. The van der Waals surface area contributed by atoms with Crippen LogP contribution in [-0.2, 0) is 6.42 Å². The maximum Gasteiger partial charge on any atom is 0.0552 e. The van der Waals surface area contributed by atoms with Crippen LogP contribution < -0.4 is 0 Å². The maximum atomic E-state index is 9.64. The van der Waals surface area contributed by atoms with Gasteiger partial charge in [-0.15, -0.1) is 11.8 Å². The third-order valence-electron chi connectivity index (χ3n) is 4.17. The molecular formula is C15H21NOS. The Balaban J connectivity index is 1.54. The number of thioether (sulfide) groups is 1. The van der Waals surface area contributed by atoms with Crippen LogP contribution in [0.3, 0.4) is 0 Å². The summed E-state index contributed by atoms with van der Waals surface area (Å²) >= 11 is 2.03. The van der Waals surface area contributed by atoms with Gasteiger partial charge >= 0.3 is 0 Å². The van der Waals surface area contributed by atoms with Crippen LogP contribution in [0, 0.1) is 5.92 Å². The lowest BCUT2D eigenvalue weighted by Crippen LogP contribution is -2.30. The van der Waals surface area contributed by atoms with Crippen LogP contribution in [0.25, 0.3) is 0 Å². The molecular weight excluding hydrogens is 242 g/mol. The van der Waals surface area contributed by atoms with Gasteiger partial charge in [0.25, 0.3) is 0 Å². The van der Waals surface area contributed by atoms with E-state index in [1.165, 1.54) is 23.4 Å². The predicted octanol–water partition coefficient (Wildman–Crippen LogP) is 2.41. The minimum absolute atomic E-state index is 0.150. The normalized spacial score (nSPS) is 29.4. The number of rotatable bonds is 3. The topological polar surface area (TPSA) is 23.5 Å². The quantitative estimate of drug-likeness (QED) is 0.906. The lowest BCUT2D eigenvalue weighted by Gasteiger charge is -2.20. The molecule has 3 unspecified atom stereocenters. The summed E-state index contributed by atoms with van der Waals surface area (Å²) in [6.45, 7) is 5.32. The van der Waals surface area contributed by atoms with Gasteiger partial charge in [-0.1, -0.05) is 18.2 Å². The van der Waals surface area contributed by atoms with E-state index >= 15 is 0 Å². The van der Waals surface area contributed by atoms with E-state index in [1.807, 2.05) is 18.7 Å². The van der Waals surface area contributed by atoms with Gasteiger partial charge < -0.3 is 10.0 Å². The monoisotopic (exact) mass is 263 g/mol. The van der Waals surface area contributed by atoms with Crippen molar-refractivity contribution in [2.75, 3.05) is 19.6 Å². The first-order valence-corrected chi connectivity index (χ1v) is 7.75. The second kappa shape index (κ2) is 5.24. The number of nitrogens with zero attached hydrogens (tertiary/aromatic N) is 1. The van der Waals surface area contributed by atoms with Crippen molar-refractivity contribution in [3.05, 3.63) is 29.8 Å². The Morgan fingerprint density at radius 2 is 2.28 bits per heavy atom. The summed E-state index contributed by atoms with van der Waals surface area (Å²) in [7, 11) is 0. The molecule has 1 aromatic rings. The highest BCUT2D eigenvalue weighted by Crippen LogP contribution is 2.37. The van der Waals surface area contributed by atoms with Crippen molar-refractivity contribution in [3.63, 3.8) is 0 Å². The number of likely N-dealkylation sites (tertiary alicyclic amines) is 1. The summed E-state index contributed by atoms with van der Waals surface area (Å²) in [5.41, 5.74) is 1.51. The molecule has 1 aromatic carbocycles. The molecule has 0 bridgehead atoms. The summed E-state index contributed by atoms with van der Waals surface area (Å²) in [6, 6.07) is 8.77. The summed E-state index contributed by atoms with van der Waals surface area (Å²) in [6.07, 6.45) is 2.21. The first kappa shape index (κ1) is 12.5. The van der Waals surface area contributed by atoms with Gasteiger partial charge in [-0.25, -0.2) is 0 Å². The largest absolute Gasteiger partial charge is 0.393 e. The van der Waals surface area contributed by atoms with E-state index in [4.69, 9.17) is 0 Å². The summed E-state index contributed by atoms with van der Waals surface area (Å²) in [4.78, 5) is 4.00. The number of aliphatic hydroxyl groups excluding tert-OH is 1. The van der Waals surface area contributed by atoms with Gasteiger partial charge in [0.05, 0.1) is 6.10 Å². The molecule has 1 N–H and O–H groups in total. The Kier molecular flexibility index (Phi) is 3.64. The molecule has 0 radical (unpaired) electrons. The SMILES string of the molecule is CC(O)C1CCN(CC2Cc3ccccc3S2)C1. The minimum Gasteiger partial charge on any atom is -0.393 e. The predicted molar refractivity (Wildman–Crippen MR) is 76.0 cm³/mol. The Morgan fingerprint density at radius 3 is 3.00 bits per heavy atom. The van der Waals surface area contributed by atoms with Crippen molar-refractivity contribution < 1.29 is 5.11 Å². The van der Waals surface area contributed by atoms with Gasteiger partial charge in [0.2, 0.25) is 0 Å². The maximum absolute atomic E-state index is 9.64. The Morgan fingerprint density at radius 1 is 1.44 bits per heavy atom. The number of fused-ring (bicyclic) bond motifs is 1. The summed E-state index contributed by atoms with van der Waals surface area (Å²) in [5.74, 6) is 0.485.